The van der Waals surface area contributed by atoms with E-state index in [1.165, 1.54) is 5.56 Å². The summed E-state index contributed by atoms with van der Waals surface area (Å²) in [5.74, 6) is 0.276. The van der Waals surface area contributed by atoms with Crippen LogP contribution >= 0.6 is 28.6 Å². The average Bonchev–Trinajstić information content (AvgIpc) is 2.07. The fourth-order valence-corrected chi connectivity index (χ4v) is 1.92. The van der Waals surface area contributed by atoms with E-state index >= 15 is 0 Å². The first-order valence-electron chi connectivity index (χ1n) is 4.47. The third-order valence-electron chi connectivity index (χ3n) is 2.18. The Morgan fingerprint density at radius 3 is 2.36 bits per heavy atom. The molecule has 0 spiro atoms. The molecule has 0 aliphatic carbocycles. The summed E-state index contributed by atoms with van der Waals surface area (Å²) in [4.78, 5) is 0.645. The summed E-state index contributed by atoms with van der Waals surface area (Å²) in [6, 6.07) is 3.94. The van der Waals surface area contributed by atoms with E-state index in [-0.39, 0.29) is 11.2 Å². The van der Waals surface area contributed by atoms with Crippen LogP contribution < -0.4 is 0 Å². The highest BCUT2D eigenvalue weighted by molar-refractivity contribution is 9.08. The second-order valence-electron chi connectivity index (χ2n) is 4.39. The molecule has 0 bridgehead atoms. The van der Waals surface area contributed by atoms with Crippen LogP contribution in [0, 0.1) is 0 Å². The molecule has 0 aromatic heterocycles. The number of rotatable bonds is 1. The molecule has 0 aliphatic rings. The minimum absolute atomic E-state index is 0.0854. The van der Waals surface area contributed by atoms with E-state index in [1.54, 1.807) is 0 Å². The van der Waals surface area contributed by atoms with Gasteiger partial charge in [0.05, 0.1) is 0 Å². The van der Waals surface area contributed by atoms with Gasteiger partial charge in [-0.25, -0.2) is 0 Å². The van der Waals surface area contributed by atoms with E-state index in [0.29, 0.717) is 10.2 Å². The fraction of sp³-hybridized carbons (Fsp3) is 0.455. The van der Waals surface area contributed by atoms with Crippen molar-refractivity contribution in [1.29, 1.82) is 0 Å². The molecule has 0 radical (unpaired) electrons. The molecule has 0 atom stereocenters. The molecule has 0 saturated carbocycles. The van der Waals surface area contributed by atoms with Crippen LogP contribution in [0.25, 0.3) is 0 Å². The van der Waals surface area contributed by atoms with Gasteiger partial charge in [0.1, 0.15) is 5.75 Å². The number of benzene rings is 1. The molecule has 1 N–H and O–H groups in total. The Morgan fingerprint density at radius 1 is 1.36 bits per heavy atom. The largest absolute Gasteiger partial charge is 0.506 e. The van der Waals surface area contributed by atoms with E-state index in [9.17, 15) is 5.11 Å². The molecule has 0 unspecified atom stereocenters. The van der Waals surface area contributed by atoms with Gasteiger partial charge in [-0.3, -0.25) is 0 Å². The van der Waals surface area contributed by atoms with Crippen molar-refractivity contribution < 1.29 is 5.11 Å². The van der Waals surface area contributed by atoms with Crippen molar-refractivity contribution >= 4 is 28.6 Å². The smallest absolute Gasteiger partial charge is 0.132 e. The zero-order chi connectivity index (χ0) is 10.9. The predicted molar refractivity (Wildman–Crippen MR) is 66.7 cm³/mol. The summed E-state index contributed by atoms with van der Waals surface area (Å²) in [5, 5.41) is 10.3. The quantitative estimate of drug-likeness (QED) is 0.589. The highest BCUT2D eigenvalue weighted by Crippen LogP contribution is 2.33. The van der Waals surface area contributed by atoms with Crippen molar-refractivity contribution in [2.75, 3.05) is 0 Å². The van der Waals surface area contributed by atoms with Gasteiger partial charge in [0.15, 0.2) is 0 Å². The van der Waals surface area contributed by atoms with Crippen LogP contribution in [0.2, 0.25) is 0 Å². The third-order valence-corrected chi connectivity index (χ3v) is 3.12. The van der Waals surface area contributed by atoms with Gasteiger partial charge in [0.25, 0.3) is 0 Å². The van der Waals surface area contributed by atoms with Gasteiger partial charge in [0, 0.05) is 15.8 Å². The lowest BCUT2D eigenvalue weighted by Crippen LogP contribution is -2.11. The monoisotopic (exact) mass is 274 g/mol. The maximum Gasteiger partial charge on any atom is 0.132 e. The van der Waals surface area contributed by atoms with E-state index in [0.717, 1.165) is 5.56 Å². The number of alkyl halides is 1. The van der Waals surface area contributed by atoms with Crippen molar-refractivity contribution in [2.45, 2.75) is 36.4 Å². The Hall–Kier alpha value is -0.150. The van der Waals surface area contributed by atoms with Gasteiger partial charge in [0.2, 0.25) is 0 Å². The average molecular weight is 275 g/mol. The lowest BCUT2D eigenvalue weighted by atomic mass is 9.86. The number of halogens is 1. The fourth-order valence-electron chi connectivity index (χ4n) is 1.21. The Balaban J connectivity index is 3.30. The van der Waals surface area contributed by atoms with Crippen LogP contribution in [-0.4, -0.2) is 5.11 Å². The van der Waals surface area contributed by atoms with Crippen LogP contribution in [0.15, 0.2) is 17.0 Å². The minimum atomic E-state index is 0.0854. The number of thiol groups is 1. The first-order valence-corrected chi connectivity index (χ1v) is 6.04. The van der Waals surface area contributed by atoms with Crippen LogP contribution in [0.4, 0.5) is 0 Å². The van der Waals surface area contributed by atoms with Crippen LogP contribution in [-0.2, 0) is 10.7 Å². The van der Waals surface area contributed by atoms with Crippen molar-refractivity contribution in [3.05, 3.63) is 23.3 Å². The summed E-state index contributed by atoms with van der Waals surface area (Å²) < 4.78 is 0. The van der Waals surface area contributed by atoms with Crippen molar-refractivity contribution in [2.24, 2.45) is 0 Å². The Kier molecular flexibility index (Phi) is 3.53. The molecule has 0 fully saturated rings. The highest BCUT2D eigenvalue weighted by Gasteiger charge is 2.17. The topological polar surface area (TPSA) is 20.2 Å². The summed E-state index contributed by atoms with van der Waals surface area (Å²) >= 11 is 7.60. The van der Waals surface area contributed by atoms with Crippen molar-refractivity contribution in [1.82, 2.24) is 0 Å². The maximum absolute atomic E-state index is 9.68. The number of phenolic OH excluding ortho intramolecular Hbond substituents is 1. The lowest BCUT2D eigenvalue weighted by Gasteiger charge is -2.21. The molecule has 3 heteroatoms. The van der Waals surface area contributed by atoms with Crippen LogP contribution in [0.5, 0.6) is 5.75 Å². The van der Waals surface area contributed by atoms with Gasteiger partial charge >= 0.3 is 0 Å². The van der Waals surface area contributed by atoms with Gasteiger partial charge in [-0.05, 0) is 17.0 Å². The van der Waals surface area contributed by atoms with E-state index in [2.05, 4.69) is 49.3 Å². The molecule has 1 aromatic rings. The number of phenols is 1. The molecule has 0 aliphatic heterocycles. The molecule has 0 heterocycles. The Labute approximate surface area is 99.1 Å². The molecular weight excluding hydrogens is 260 g/mol. The maximum atomic E-state index is 9.68. The zero-order valence-electron chi connectivity index (χ0n) is 8.63. The van der Waals surface area contributed by atoms with Gasteiger partial charge in [-0.2, -0.15) is 0 Å². The Bertz CT molecular complexity index is 342. The summed E-state index contributed by atoms with van der Waals surface area (Å²) in [6.07, 6.45) is 0. The van der Waals surface area contributed by atoms with E-state index in [1.807, 2.05) is 12.1 Å². The zero-order valence-corrected chi connectivity index (χ0v) is 11.1. The van der Waals surface area contributed by atoms with Crippen molar-refractivity contribution in [3.63, 3.8) is 0 Å². The number of hydrogen-bond acceptors (Lipinski definition) is 2. The molecule has 1 nitrogen and oxygen atoms in total. The third kappa shape index (κ3) is 2.45. The molecular formula is C11H15BrOS. The van der Waals surface area contributed by atoms with Gasteiger partial charge < -0.3 is 5.11 Å². The summed E-state index contributed by atoms with van der Waals surface area (Å²) in [7, 11) is 0. The van der Waals surface area contributed by atoms with Gasteiger partial charge in [-0.15, -0.1) is 12.6 Å². The van der Waals surface area contributed by atoms with Crippen LogP contribution in [0.3, 0.4) is 0 Å². The Morgan fingerprint density at radius 2 is 1.93 bits per heavy atom. The SMILES string of the molecule is CC(C)(C)c1cc(S)c(O)c(CBr)c1. The lowest BCUT2D eigenvalue weighted by molar-refractivity contribution is 0.456. The molecule has 0 amide bonds. The molecule has 0 saturated heterocycles. The highest BCUT2D eigenvalue weighted by atomic mass is 79.9. The normalized spacial score (nSPS) is 11.8. The molecule has 1 aromatic carbocycles. The predicted octanol–water partition coefficient (Wildman–Crippen LogP) is 3.87. The van der Waals surface area contributed by atoms with E-state index < -0.39 is 0 Å². The molecule has 14 heavy (non-hydrogen) atoms. The summed E-state index contributed by atoms with van der Waals surface area (Å²) in [6.45, 7) is 6.43. The van der Waals surface area contributed by atoms with Gasteiger partial charge in [-0.1, -0.05) is 42.8 Å². The second kappa shape index (κ2) is 4.15. The minimum Gasteiger partial charge on any atom is -0.506 e. The molecule has 78 valence electrons. The first-order chi connectivity index (χ1) is 6.36. The standard InChI is InChI=1S/C11H15BrOS/c1-11(2,3)8-4-7(6-12)10(13)9(14)5-8/h4-5,13-14H,6H2,1-3H3. The second-order valence-corrected chi connectivity index (χ2v) is 5.43. The summed E-state index contributed by atoms with van der Waals surface area (Å²) in [5.41, 5.74) is 2.17. The van der Waals surface area contributed by atoms with E-state index in [4.69, 9.17) is 0 Å². The first kappa shape index (κ1) is 11.9. The van der Waals surface area contributed by atoms with Crippen LogP contribution in [0.1, 0.15) is 31.9 Å². The number of hydrogen-bond donors (Lipinski definition) is 2. The number of aromatic hydroxyl groups is 1. The molecule has 1 rings (SSSR count). The van der Waals surface area contributed by atoms with Crippen molar-refractivity contribution in [3.8, 4) is 5.75 Å².